The van der Waals surface area contributed by atoms with Crippen molar-refractivity contribution in [2.45, 2.75) is 70.9 Å². The Morgan fingerprint density at radius 2 is 2.20 bits per heavy atom. The molecular formula is C13H27NO. The summed E-state index contributed by atoms with van der Waals surface area (Å²) in [7, 11) is 0. The van der Waals surface area contributed by atoms with E-state index in [1.54, 1.807) is 0 Å². The summed E-state index contributed by atoms with van der Waals surface area (Å²) in [6, 6.07) is 0.227. The van der Waals surface area contributed by atoms with Crippen LogP contribution in [-0.2, 0) is 4.74 Å². The van der Waals surface area contributed by atoms with Crippen LogP contribution in [0.1, 0.15) is 59.3 Å². The van der Waals surface area contributed by atoms with Crippen molar-refractivity contribution in [3.63, 3.8) is 0 Å². The number of hydrogen-bond acceptors (Lipinski definition) is 2. The summed E-state index contributed by atoms with van der Waals surface area (Å²) in [4.78, 5) is 0. The Morgan fingerprint density at radius 1 is 1.47 bits per heavy atom. The highest BCUT2D eigenvalue weighted by atomic mass is 16.5. The quantitative estimate of drug-likeness (QED) is 0.761. The van der Waals surface area contributed by atoms with Gasteiger partial charge in [0.2, 0.25) is 0 Å². The van der Waals surface area contributed by atoms with Gasteiger partial charge >= 0.3 is 0 Å². The van der Waals surface area contributed by atoms with Gasteiger partial charge in [0, 0.05) is 12.6 Å². The van der Waals surface area contributed by atoms with Gasteiger partial charge in [0.1, 0.15) is 0 Å². The summed E-state index contributed by atoms with van der Waals surface area (Å²) in [6.07, 6.45) is 7.18. The van der Waals surface area contributed by atoms with Gasteiger partial charge in [-0.1, -0.05) is 33.1 Å². The Bertz CT molecular complexity index is 179. The molecule has 1 aliphatic carbocycles. The van der Waals surface area contributed by atoms with E-state index >= 15 is 0 Å². The standard InChI is InChI=1S/C13H27NO/c1-4-7-12(14)13(15-5-2)9-6-8-11(3)10-13/h11-12H,4-10,14H2,1-3H3/t11?,12-,13?/m0/s1. The van der Waals surface area contributed by atoms with Crippen molar-refractivity contribution in [1.82, 2.24) is 0 Å². The molecule has 2 unspecified atom stereocenters. The highest BCUT2D eigenvalue weighted by Gasteiger charge is 2.40. The smallest absolute Gasteiger partial charge is 0.0835 e. The Hall–Kier alpha value is -0.0800. The molecule has 90 valence electrons. The van der Waals surface area contributed by atoms with Gasteiger partial charge in [0.25, 0.3) is 0 Å². The summed E-state index contributed by atoms with van der Waals surface area (Å²) in [6.45, 7) is 7.40. The average molecular weight is 213 g/mol. The lowest BCUT2D eigenvalue weighted by Crippen LogP contribution is -2.52. The molecule has 0 aromatic rings. The van der Waals surface area contributed by atoms with Gasteiger partial charge < -0.3 is 10.5 Å². The van der Waals surface area contributed by atoms with Gasteiger partial charge in [-0.2, -0.15) is 0 Å². The van der Waals surface area contributed by atoms with Crippen LogP contribution in [0.2, 0.25) is 0 Å². The van der Waals surface area contributed by atoms with Gasteiger partial charge in [0.05, 0.1) is 5.60 Å². The fraction of sp³-hybridized carbons (Fsp3) is 1.00. The second-order valence-corrected chi connectivity index (χ2v) is 5.09. The summed E-state index contributed by atoms with van der Waals surface area (Å²) >= 11 is 0. The largest absolute Gasteiger partial charge is 0.374 e. The van der Waals surface area contributed by atoms with E-state index in [2.05, 4.69) is 20.8 Å². The Kier molecular flexibility index (Phi) is 5.07. The van der Waals surface area contributed by atoms with Crippen molar-refractivity contribution in [3.8, 4) is 0 Å². The second-order valence-electron chi connectivity index (χ2n) is 5.09. The summed E-state index contributed by atoms with van der Waals surface area (Å²) in [5, 5.41) is 0. The zero-order valence-electron chi connectivity index (χ0n) is 10.6. The summed E-state index contributed by atoms with van der Waals surface area (Å²) in [5.74, 6) is 0.771. The third-order valence-electron chi connectivity index (χ3n) is 3.70. The van der Waals surface area contributed by atoms with Gasteiger partial charge in [0.15, 0.2) is 0 Å². The van der Waals surface area contributed by atoms with Gasteiger partial charge in [-0.25, -0.2) is 0 Å². The summed E-state index contributed by atoms with van der Waals surface area (Å²) in [5.41, 5.74) is 6.31. The molecule has 3 atom stereocenters. The molecule has 0 aliphatic heterocycles. The maximum atomic E-state index is 6.32. The number of rotatable bonds is 5. The second kappa shape index (κ2) is 5.86. The molecule has 1 saturated carbocycles. The monoisotopic (exact) mass is 213 g/mol. The number of nitrogens with two attached hydrogens (primary N) is 1. The maximum absolute atomic E-state index is 6.32. The van der Waals surface area contributed by atoms with E-state index in [9.17, 15) is 0 Å². The van der Waals surface area contributed by atoms with E-state index in [0.29, 0.717) is 0 Å². The first-order chi connectivity index (χ1) is 7.14. The van der Waals surface area contributed by atoms with Crippen LogP contribution in [0, 0.1) is 5.92 Å². The molecule has 0 bridgehead atoms. The van der Waals surface area contributed by atoms with Crippen molar-refractivity contribution in [2.75, 3.05) is 6.61 Å². The molecule has 0 spiro atoms. The van der Waals surface area contributed by atoms with Crippen LogP contribution in [0.4, 0.5) is 0 Å². The zero-order valence-corrected chi connectivity index (χ0v) is 10.6. The highest BCUT2D eigenvalue weighted by Crippen LogP contribution is 2.38. The maximum Gasteiger partial charge on any atom is 0.0835 e. The van der Waals surface area contributed by atoms with Crippen molar-refractivity contribution in [2.24, 2.45) is 11.7 Å². The average Bonchev–Trinajstić information content (AvgIpc) is 2.18. The molecule has 0 aromatic carbocycles. The van der Waals surface area contributed by atoms with E-state index < -0.39 is 0 Å². The molecule has 2 nitrogen and oxygen atoms in total. The minimum Gasteiger partial charge on any atom is -0.374 e. The zero-order chi connectivity index (χ0) is 11.3. The highest BCUT2D eigenvalue weighted by molar-refractivity contribution is 4.95. The third-order valence-corrected chi connectivity index (χ3v) is 3.70. The van der Waals surface area contributed by atoms with Gasteiger partial charge in [-0.15, -0.1) is 0 Å². The number of hydrogen-bond donors (Lipinski definition) is 1. The molecule has 2 N–H and O–H groups in total. The molecule has 15 heavy (non-hydrogen) atoms. The Balaban J connectivity index is 2.67. The Labute approximate surface area is 94.6 Å². The molecule has 1 fully saturated rings. The SMILES string of the molecule is CCC[C@H](N)C1(OCC)CCCC(C)C1. The summed E-state index contributed by atoms with van der Waals surface area (Å²) < 4.78 is 6.03. The fourth-order valence-corrected chi connectivity index (χ4v) is 2.98. The lowest BCUT2D eigenvalue weighted by molar-refractivity contribution is -0.0941. The molecule has 1 aliphatic rings. The van der Waals surface area contributed by atoms with E-state index in [1.165, 1.54) is 12.8 Å². The topological polar surface area (TPSA) is 35.2 Å². The van der Waals surface area contributed by atoms with Gasteiger partial charge in [-0.05, 0) is 32.1 Å². The van der Waals surface area contributed by atoms with Crippen LogP contribution in [0.5, 0.6) is 0 Å². The first kappa shape index (κ1) is 13.0. The van der Waals surface area contributed by atoms with Crippen molar-refractivity contribution in [1.29, 1.82) is 0 Å². The lowest BCUT2D eigenvalue weighted by atomic mass is 9.73. The van der Waals surface area contributed by atoms with Crippen LogP contribution in [-0.4, -0.2) is 18.2 Å². The number of ether oxygens (including phenoxy) is 1. The Morgan fingerprint density at radius 3 is 2.73 bits per heavy atom. The molecule has 0 aromatic heterocycles. The van der Waals surface area contributed by atoms with Crippen LogP contribution >= 0.6 is 0 Å². The third kappa shape index (κ3) is 3.18. The lowest BCUT2D eigenvalue weighted by Gasteiger charge is -2.44. The first-order valence-corrected chi connectivity index (χ1v) is 6.54. The molecular weight excluding hydrogens is 186 g/mol. The van der Waals surface area contributed by atoms with Crippen molar-refractivity contribution >= 4 is 0 Å². The van der Waals surface area contributed by atoms with Crippen molar-refractivity contribution < 1.29 is 4.74 Å². The molecule has 0 saturated heterocycles. The molecule has 0 radical (unpaired) electrons. The minimum atomic E-state index is -0.0115. The predicted molar refractivity (Wildman–Crippen MR) is 64.9 cm³/mol. The minimum absolute atomic E-state index is 0.0115. The van der Waals surface area contributed by atoms with E-state index in [1.807, 2.05) is 0 Å². The van der Waals surface area contributed by atoms with E-state index in [0.717, 1.165) is 38.2 Å². The van der Waals surface area contributed by atoms with Crippen LogP contribution in [0.25, 0.3) is 0 Å². The van der Waals surface area contributed by atoms with Crippen LogP contribution in [0.15, 0.2) is 0 Å². The van der Waals surface area contributed by atoms with Gasteiger partial charge in [-0.3, -0.25) is 0 Å². The normalized spacial score (nSPS) is 34.0. The van der Waals surface area contributed by atoms with Crippen molar-refractivity contribution in [3.05, 3.63) is 0 Å². The predicted octanol–water partition coefficient (Wildman–Crippen LogP) is 3.10. The van der Waals surface area contributed by atoms with Crippen LogP contribution < -0.4 is 5.73 Å². The first-order valence-electron chi connectivity index (χ1n) is 6.54. The molecule has 0 amide bonds. The van der Waals surface area contributed by atoms with E-state index in [-0.39, 0.29) is 11.6 Å². The van der Waals surface area contributed by atoms with Crippen LogP contribution in [0.3, 0.4) is 0 Å². The molecule has 0 heterocycles. The molecule has 2 heteroatoms. The fourth-order valence-electron chi connectivity index (χ4n) is 2.98. The van der Waals surface area contributed by atoms with E-state index in [4.69, 9.17) is 10.5 Å². The molecule has 1 rings (SSSR count).